The molecular weight excluding hydrogens is 987 g/mol. The highest BCUT2D eigenvalue weighted by atomic mass is 16.6. The number of ether oxygens (including phenoxy) is 4. The van der Waals surface area contributed by atoms with Crippen LogP contribution in [0.15, 0.2) is 103 Å². The minimum atomic E-state index is -1.22. The Bertz CT molecular complexity index is 2620. The van der Waals surface area contributed by atoms with Crippen molar-refractivity contribution in [2.45, 2.75) is 121 Å². The van der Waals surface area contributed by atoms with Crippen LogP contribution < -0.4 is 26.6 Å². The number of carbonyl (C=O) groups is 7. The fourth-order valence-electron chi connectivity index (χ4n) is 10.4. The maximum absolute atomic E-state index is 14.9. The van der Waals surface area contributed by atoms with Crippen molar-refractivity contribution in [3.8, 4) is 11.8 Å². The molecule has 4 aliphatic heterocycles. The van der Waals surface area contributed by atoms with Crippen LogP contribution in [0.4, 0.5) is 15.3 Å². The van der Waals surface area contributed by atoms with Gasteiger partial charge in [-0.05, 0) is 84.3 Å². The van der Waals surface area contributed by atoms with Gasteiger partial charge in [-0.2, -0.15) is 0 Å². The van der Waals surface area contributed by atoms with Crippen LogP contribution >= 0.6 is 0 Å². The zero-order valence-corrected chi connectivity index (χ0v) is 44.8. The Morgan fingerprint density at radius 2 is 1.08 bits per heavy atom. The van der Waals surface area contributed by atoms with E-state index in [4.69, 9.17) is 18.9 Å². The normalized spacial score (nSPS) is 21.7. The average Bonchev–Trinajstić information content (AvgIpc) is 4.30. The highest BCUT2D eigenvalue weighted by Crippen LogP contribution is 2.38. The molecule has 412 valence electrons. The van der Waals surface area contributed by atoms with Gasteiger partial charge >= 0.3 is 12.2 Å². The number of nitrogens with one attached hydrogen (secondary N) is 5. The number of anilines is 1. The van der Waals surface area contributed by atoms with Crippen LogP contribution in [0.3, 0.4) is 0 Å². The van der Waals surface area contributed by atoms with E-state index in [2.05, 4.69) is 45.0 Å². The fraction of sp³-hybridized carbons (Fsp3) is 0.491. The third-order valence-electron chi connectivity index (χ3n) is 14.9. The van der Waals surface area contributed by atoms with Gasteiger partial charge in [0.1, 0.15) is 31.9 Å². The molecule has 0 aromatic heterocycles. The van der Waals surface area contributed by atoms with E-state index in [0.29, 0.717) is 43.6 Å². The summed E-state index contributed by atoms with van der Waals surface area (Å²) in [6.45, 7) is 11.6. The Kier molecular flexibility index (Phi) is 20.2. The molecule has 4 fully saturated rings. The number of para-hydroxylation sites is 1. The topological polar surface area (TPSA) is 230 Å². The largest absolute Gasteiger partial charge is 0.445 e. The Hall–Kier alpha value is -7.31. The van der Waals surface area contributed by atoms with E-state index in [1.165, 1.54) is 4.90 Å². The molecule has 0 aliphatic carbocycles. The van der Waals surface area contributed by atoms with E-state index < -0.39 is 84.3 Å². The molecule has 4 saturated heterocycles. The molecular formula is C57H73N9O11. The monoisotopic (exact) mass is 1060 g/mol. The summed E-state index contributed by atoms with van der Waals surface area (Å²) in [7, 11) is 3.27. The van der Waals surface area contributed by atoms with Gasteiger partial charge < -0.3 is 65.1 Å². The molecule has 3 aromatic rings. The van der Waals surface area contributed by atoms with Gasteiger partial charge in [-0.15, -0.1) is 0 Å². The number of rotatable bonds is 21. The zero-order chi connectivity index (χ0) is 55.2. The van der Waals surface area contributed by atoms with Crippen molar-refractivity contribution in [2.24, 2.45) is 5.92 Å². The molecule has 3 aromatic carbocycles. The Balaban J connectivity index is 0.981. The number of benzene rings is 3. The summed E-state index contributed by atoms with van der Waals surface area (Å²) < 4.78 is 23.7. The first-order valence-electron chi connectivity index (χ1n) is 26.4. The number of nitrogens with zero attached hydrogens (tertiary/aromatic N) is 4. The maximum Gasteiger partial charge on any atom is 0.410 e. The van der Waals surface area contributed by atoms with Crippen molar-refractivity contribution in [1.29, 1.82) is 0 Å². The first-order chi connectivity index (χ1) is 37.1. The van der Waals surface area contributed by atoms with Crippen molar-refractivity contribution < 1.29 is 52.5 Å². The summed E-state index contributed by atoms with van der Waals surface area (Å²) in [4.78, 5) is 103. The minimum absolute atomic E-state index is 0.00213. The number of likely N-dealkylation sites (tertiary alicyclic amines) is 4. The molecule has 11 atom stereocenters. The summed E-state index contributed by atoms with van der Waals surface area (Å²) in [6, 6.07) is 22.3. The van der Waals surface area contributed by atoms with Gasteiger partial charge in [0, 0.05) is 37.4 Å². The summed E-state index contributed by atoms with van der Waals surface area (Å²) in [6.07, 6.45) is -1.30. The molecule has 0 radical (unpaired) electrons. The number of hydrogen-bond donors (Lipinski definition) is 5. The first-order valence-corrected chi connectivity index (χ1v) is 26.4. The quantitative estimate of drug-likeness (QED) is 0.0966. The molecule has 77 heavy (non-hydrogen) atoms. The van der Waals surface area contributed by atoms with Crippen molar-refractivity contribution in [3.63, 3.8) is 0 Å². The minimum Gasteiger partial charge on any atom is -0.445 e. The highest BCUT2D eigenvalue weighted by molar-refractivity contribution is 5.96. The number of carbonyl (C=O) groups excluding carboxylic acids is 7. The van der Waals surface area contributed by atoms with Crippen LogP contribution in [-0.4, -0.2) is 175 Å². The number of fused-ring (bicyclic) bond motifs is 2. The lowest BCUT2D eigenvalue weighted by atomic mass is 9.97. The van der Waals surface area contributed by atoms with E-state index >= 15 is 0 Å². The standard InChI is InChI=1S/C57H73N9O11/c1-36(33-75-40(5)49(62-52(68)38(3)59-7)54(70)63-28-25-46-45(63)26-29-64(46)56(72)76-34-41-19-11-8-12-20-41)18-17-31-74-39(4)48(61-51(67)37(2)58-6)55(71)65-30-27-47-50(65)44(53(69)60-43-23-15-10-16-24-43)32-66(47)57(73)77-35-42-21-13-9-14-22-42/h8-16,19-24,37-40,44-50,58-59H,1,25-35H2,2-7H3,(H,60,69)(H,61,67)(H,62,68)/t37-,38-,39+,40?,44-,45+,46+,47+,48?,49?,50+/m0/s1. The van der Waals surface area contributed by atoms with Gasteiger partial charge in [-0.1, -0.05) is 97.3 Å². The van der Waals surface area contributed by atoms with E-state index in [1.54, 1.807) is 80.8 Å². The molecule has 7 rings (SSSR count). The summed E-state index contributed by atoms with van der Waals surface area (Å²) in [5.74, 6) is 2.96. The second-order valence-corrected chi connectivity index (χ2v) is 19.9. The summed E-state index contributed by atoms with van der Waals surface area (Å²) in [5, 5.41) is 14.5. The molecule has 5 N–H and O–H groups in total. The second kappa shape index (κ2) is 27.1. The van der Waals surface area contributed by atoms with Crippen molar-refractivity contribution in [1.82, 2.24) is 40.9 Å². The molecule has 20 nitrogen and oxygen atoms in total. The molecule has 7 amide bonds. The van der Waals surface area contributed by atoms with E-state index in [0.717, 1.165) is 11.1 Å². The molecule has 0 spiro atoms. The highest BCUT2D eigenvalue weighted by Gasteiger charge is 2.56. The number of hydrogen-bond acceptors (Lipinski definition) is 13. The van der Waals surface area contributed by atoms with Crippen LogP contribution in [0.5, 0.6) is 0 Å². The van der Waals surface area contributed by atoms with Gasteiger partial charge in [-0.3, -0.25) is 24.0 Å². The van der Waals surface area contributed by atoms with E-state index in [9.17, 15) is 33.6 Å². The summed E-state index contributed by atoms with van der Waals surface area (Å²) >= 11 is 0. The van der Waals surface area contributed by atoms with Crippen LogP contribution in [-0.2, 0) is 56.1 Å². The molecule has 20 heteroatoms. The van der Waals surface area contributed by atoms with Crippen LogP contribution in [0.1, 0.15) is 58.1 Å². The molecule has 4 heterocycles. The predicted octanol–water partition coefficient (Wildman–Crippen LogP) is 3.43. The van der Waals surface area contributed by atoms with E-state index in [1.807, 2.05) is 66.7 Å². The van der Waals surface area contributed by atoms with Gasteiger partial charge in [0.2, 0.25) is 29.5 Å². The van der Waals surface area contributed by atoms with Crippen LogP contribution in [0, 0.1) is 17.8 Å². The Labute approximate surface area is 450 Å². The lowest BCUT2D eigenvalue weighted by molar-refractivity contribution is -0.142. The number of amides is 7. The Morgan fingerprint density at radius 1 is 0.610 bits per heavy atom. The fourth-order valence-corrected chi connectivity index (χ4v) is 10.4. The summed E-state index contributed by atoms with van der Waals surface area (Å²) in [5.41, 5.74) is 2.58. The van der Waals surface area contributed by atoms with Crippen LogP contribution in [0.25, 0.3) is 0 Å². The third kappa shape index (κ3) is 14.4. The molecule has 3 unspecified atom stereocenters. The number of likely N-dealkylation sites (N-methyl/N-ethyl adjacent to an activating group) is 2. The molecule has 0 bridgehead atoms. The maximum atomic E-state index is 14.9. The van der Waals surface area contributed by atoms with E-state index in [-0.39, 0.29) is 63.4 Å². The lowest BCUT2D eigenvalue weighted by Crippen LogP contribution is -2.59. The van der Waals surface area contributed by atoms with Crippen molar-refractivity contribution >= 4 is 47.4 Å². The Morgan fingerprint density at radius 3 is 1.64 bits per heavy atom. The lowest BCUT2D eigenvalue weighted by Gasteiger charge is -2.33. The van der Waals surface area contributed by atoms with Gasteiger partial charge in [0.25, 0.3) is 0 Å². The smallest absolute Gasteiger partial charge is 0.410 e. The van der Waals surface area contributed by atoms with Crippen LogP contribution in [0.2, 0.25) is 0 Å². The molecule has 4 aliphatic rings. The first kappa shape index (κ1) is 57.4. The van der Waals surface area contributed by atoms with Crippen molar-refractivity contribution in [2.75, 3.05) is 58.8 Å². The SMILES string of the molecule is C=C(C#CCO[C@H](C)C(NC(=O)[C@H](C)NC)C(=O)N1CC[C@@H]2[C@H]1[C@@H](C(=O)Nc1ccccc1)CN2C(=O)OCc1ccccc1)COC(C)C(NC(=O)[C@H](C)NC)C(=O)N1CC[C@@H]2[C@H]1CCN2C(=O)OCc1ccccc1. The molecule has 0 saturated carbocycles. The predicted molar refractivity (Wildman–Crippen MR) is 286 cm³/mol. The second-order valence-electron chi connectivity index (χ2n) is 19.9. The van der Waals surface area contributed by atoms with Gasteiger partial charge in [0.05, 0.1) is 61.0 Å². The van der Waals surface area contributed by atoms with Gasteiger partial charge in [0.15, 0.2) is 0 Å². The van der Waals surface area contributed by atoms with Gasteiger partial charge in [-0.25, -0.2) is 9.59 Å². The third-order valence-corrected chi connectivity index (χ3v) is 14.9. The average molecular weight is 1060 g/mol. The zero-order valence-electron chi connectivity index (χ0n) is 44.8. The van der Waals surface area contributed by atoms with Crippen molar-refractivity contribution in [3.05, 3.63) is 114 Å².